The molecular formula is C9H7FO4S. The number of rotatable bonds is 2. The third-order valence-electron chi connectivity index (χ3n) is 1.99. The number of benzene rings is 1. The van der Waals surface area contributed by atoms with Crippen LogP contribution in [0.2, 0.25) is 0 Å². The van der Waals surface area contributed by atoms with Gasteiger partial charge >= 0.3 is 10.2 Å². The predicted molar refractivity (Wildman–Crippen MR) is 51.1 cm³/mol. The van der Waals surface area contributed by atoms with Crippen molar-refractivity contribution < 1.29 is 21.5 Å². The van der Waals surface area contributed by atoms with Crippen molar-refractivity contribution in [2.45, 2.75) is 4.90 Å². The molecule has 0 aliphatic carbocycles. The summed E-state index contributed by atoms with van der Waals surface area (Å²) < 4.78 is 44.3. The Bertz CT molecular complexity index is 600. The number of fused-ring (bicyclic) bond motifs is 1. The minimum absolute atomic E-state index is 0.00157. The Morgan fingerprint density at radius 3 is 2.73 bits per heavy atom. The Kier molecular flexibility index (Phi) is 2.15. The van der Waals surface area contributed by atoms with Crippen molar-refractivity contribution in [3.63, 3.8) is 0 Å². The lowest BCUT2D eigenvalue weighted by atomic mass is 10.2. The van der Waals surface area contributed by atoms with Gasteiger partial charge in [0.25, 0.3) is 0 Å². The predicted octanol–water partition coefficient (Wildman–Crippen LogP) is 2.10. The van der Waals surface area contributed by atoms with E-state index in [1.54, 1.807) is 6.07 Å². The summed E-state index contributed by atoms with van der Waals surface area (Å²) in [7, 11) is -3.43. The smallest absolute Gasteiger partial charge is 0.335 e. The molecule has 1 aromatic heterocycles. The zero-order chi connectivity index (χ0) is 11.1. The van der Waals surface area contributed by atoms with E-state index in [1.807, 2.05) is 0 Å². The average molecular weight is 230 g/mol. The average Bonchev–Trinajstić information content (AvgIpc) is 2.61. The van der Waals surface area contributed by atoms with Crippen molar-refractivity contribution in [1.82, 2.24) is 0 Å². The highest BCUT2D eigenvalue weighted by atomic mass is 32.3. The van der Waals surface area contributed by atoms with Gasteiger partial charge in [-0.1, -0.05) is 0 Å². The highest BCUT2D eigenvalue weighted by Gasteiger charge is 2.20. The Morgan fingerprint density at radius 1 is 1.40 bits per heavy atom. The van der Waals surface area contributed by atoms with Crippen molar-refractivity contribution in [1.29, 1.82) is 0 Å². The standard InChI is InChI=1S/C9H7FO4S/c1-13-7-4-6-2-3-14-9(6)8(5-7)15(10,11)12/h2-5H,1H3. The van der Waals surface area contributed by atoms with Crippen LogP contribution in [0, 0.1) is 0 Å². The lowest BCUT2D eigenvalue weighted by Gasteiger charge is -2.02. The number of ether oxygens (including phenoxy) is 1. The van der Waals surface area contributed by atoms with Crippen molar-refractivity contribution >= 4 is 21.2 Å². The quantitative estimate of drug-likeness (QED) is 0.741. The molecule has 2 rings (SSSR count). The van der Waals surface area contributed by atoms with Crippen molar-refractivity contribution in [2.75, 3.05) is 7.11 Å². The van der Waals surface area contributed by atoms with Crippen molar-refractivity contribution in [3.05, 3.63) is 24.5 Å². The summed E-state index contributed by atoms with van der Waals surface area (Å²) in [4.78, 5) is -0.512. The van der Waals surface area contributed by atoms with Crippen LogP contribution in [0.3, 0.4) is 0 Å². The first-order valence-electron chi connectivity index (χ1n) is 4.02. The van der Waals surface area contributed by atoms with Crippen LogP contribution in [0.5, 0.6) is 5.75 Å². The van der Waals surface area contributed by atoms with E-state index in [2.05, 4.69) is 0 Å². The minimum atomic E-state index is -4.81. The fraction of sp³-hybridized carbons (Fsp3) is 0.111. The molecule has 0 saturated heterocycles. The SMILES string of the molecule is COc1cc(S(=O)(=O)F)c2occc2c1. The summed E-state index contributed by atoms with van der Waals surface area (Å²) in [5, 5.41) is 0.477. The maximum absolute atomic E-state index is 12.9. The fourth-order valence-electron chi connectivity index (χ4n) is 1.32. The lowest BCUT2D eigenvalue weighted by Crippen LogP contribution is -1.94. The van der Waals surface area contributed by atoms with Gasteiger partial charge in [0, 0.05) is 11.5 Å². The maximum atomic E-state index is 12.9. The molecule has 1 heterocycles. The maximum Gasteiger partial charge on any atom is 0.335 e. The Labute approximate surface area is 85.5 Å². The van der Waals surface area contributed by atoms with E-state index in [-0.39, 0.29) is 11.3 Å². The molecule has 0 N–H and O–H groups in total. The molecule has 0 atom stereocenters. The second kappa shape index (κ2) is 3.23. The van der Waals surface area contributed by atoms with Gasteiger partial charge in [-0.25, -0.2) is 0 Å². The minimum Gasteiger partial charge on any atom is -0.497 e. The third kappa shape index (κ3) is 1.68. The van der Waals surface area contributed by atoms with E-state index in [0.717, 1.165) is 6.07 Å². The lowest BCUT2D eigenvalue weighted by molar-refractivity contribution is 0.413. The first-order valence-corrected chi connectivity index (χ1v) is 5.40. The normalized spacial score (nSPS) is 11.9. The van der Waals surface area contributed by atoms with Gasteiger partial charge < -0.3 is 9.15 Å². The summed E-state index contributed by atoms with van der Waals surface area (Å²) in [6.07, 6.45) is 1.29. The van der Waals surface area contributed by atoms with Crippen LogP contribution in [0.25, 0.3) is 11.0 Å². The molecule has 0 amide bonds. The molecule has 0 unspecified atom stereocenters. The largest absolute Gasteiger partial charge is 0.497 e. The van der Waals surface area contributed by atoms with Crippen LogP contribution in [0.4, 0.5) is 3.89 Å². The van der Waals surface area contributed by atoms with E-state index in [4.69, 9.17) is 9.15 Å². The number of furan rings is 1. The molecular weight excluding hydrogens is 223 g/mol. The molecule has 15 heavy (non-hydrogen) atoms. The van der Waals surface area contributed by atoms with Crippen molar-refractivity contribution in [2.24, 2.45) is 0 Å². The third-order valence-corrected chi connectivity index (χ3v) is 2.82. The molecule has 4 nitrogen and oxygen atoms in total. The molecule has 0 bridgehead atoms. The molecule has 80 valence electrons. The first-order chi connectivity index (χ1) is 7.02. The Morgan fingerprint density at radius 2 is 2.13 bits per heavy atom. The zero-order valence-corrected chi connectivity index (χ0v) is 8.55. The first kappa shape index (κ1) is 9.97. The van der Waals surface area contributed by atoms with Gasteiger partial charge in [-0.2, -0.15) is 8.42 Å². The second-order valence-electron chi connectivity index (χ2n) is 2.90. The van der Waals surface area contributed by atoms with E-state index in [0.29, 0.717) is 5.39 Å². The van der Waals surface area contributed by atoms with Gasteiger partial charge in [0.05, 0.1) is 13.4 Å². The van der Waals surface area contributed by atoms with E-state index in [1.165, 1.54) is 19.4 Å². The Balaban J connectivity index is 2.86. The second-order valence-corrected chi connectivity index (χ2v) is 4.22. The fourth-order valence-corrected chi connectivity index (χ4v) is 1.97. The van der Waals surface area contributed by atoms with Crippen molar-refractivity contribution in [3.8, 4) is 5.75 Å². The van der Waals surface area contributed by atoms with Crippen LogP contribution in [-0.2, 0) is 10.2 Å². The molecule has 0 spiro atoms. The number of halogens is 1. The summed E-state index contributed by atoms with van der Waals surface area (Å²) >= 11 is 0. The molecule has 0 radical (unpaired) electrons. The molecule has 6 heteroatoms. The van der Waals surface area contributed by atoms with E-state index >= 15 is 0 Å². The summed E-state index contributed by atoms with van der Waals surface area (Å²) in [6, 6.07) is 4.18. The van der Waals surface area contributed by atoms with Crippen LogP contribution < -0.4 is 4.74 Å². The van der Waals surface area contributed by atoms with Gasteiger partial charge in [-0.05, 0) is 12.1 Å². The molecule has 1 aromatic carbocycles. The monoisotopic (exact) mass is 230 g/mol. The van der Waals surface area contributed by atoms with E-state index in [9.17, 15) is 12.3 Å². The number of methoxy groups -OCH3 is 1. The van der Waals surface area contributed by atoms with Gasteiger partial charge in [0.1, 0.15) is 10.6 Å². The molecule has 0 aliphatic heterocycles. The van der Waals surface area contributed by atoms with Crippen LogP contribution >= 0.6 is 0 Å². The number of hydrogen-bond acceptors (Lipinski definition) is 4. The summed E-state index contributed by atoms with van der Waals surface area (Å²) in [5.41, 5.74) is -0.00157. The Hall–Kier alpha value is -1.56. The van der Waals surface area contributed by atoms with Crippen LogP contribution in [0.15, 0.2) is 33.8 Å². The van der Waals surface area contributed by atoms with E-state index < -0.39 is 15.1 Å². The zero-order valence-electron chi connectivity index (χ0n) is 7.73. The highest BCUT2D eigenvalue weighted by Crippen LogP contribution is 2.30. The van der Waals surface area contributed by atoms with Gasteiger partial charge in [-0.3, -0.25) is 0 Å². The number of hydrogen-bond donors (Lipinski definition) is 0. The molecule has 0 aliphatic rings. The summed E-state index contributed by atoms with van der Waals surface area (Å²) in [5.74, 6) is 0.264. The molecule has 0 saturated carbocycles. The van der Waals surface area contributed by atoms with Gasteiger partial charge in [0.15, 0.2) is 5.58 Å². The highest BCUT2D eigenvalue weighted by molar-refractivity contribution is 7.86. The summed E-state index contributed by atoms with van der Waals surface area (Å²) in [6.45, 7) is 0. The molecule has 2 aromatic rings. The molecule has 0 fully saturated rings. The van der Waals surface area contributed by atoms with Crippen LogP contribution in [0.1, 0.15) is 0 Å². The van der Waals surface area contributed by atoms with Gasteiger partial charge in [-0.15, -0.1) is 3.89 Å². The topological polar surface area (TPSA) is 56.5 Å². The van der Waals surface area contributed by atoms with Crippen LogP contribution in [-0.4, -0.2) is 15.5 Å². The van der Waals surface area contributed by atoms with Gasteiger partial charge in [0.2, 0.25) is 0 Å².